The third kappa shape index (κ3) is 4.83. The van der Waals surface area contributed by atoms with Crippen molar-refractivity contribution in [3.05, 3.63) is 151 Å². The molecule has 3 heteroatoms. The van der Waals surface area contributed by atoms with E-state index in [4.69, 9.17) is 0 Å². The minimum absolute atomic E-state index is 0.502. The van der Waals surface area contributed by atoms with E-state index in [0.29, 0.717) is 6.16 Å². The van der Waals surface area contributed by atoms with Gasteiger partial charge in [0.15, 0.2) is 0 Å². The summed E-state index contributed by atoms with van der Waals surface area (Å²) in [6, 6.07) is 50.0. The molecule has 166 valence electrons. The van der Waals surface area contributed by atoms with E-state index >= 15 is 0 Å². The average Bonchev–Trinajstić information content (AvgIpc) is 2.91. The number of rotatable bonds is 7. The Labute approximate surface area is 203 Å². The van der Waals surface area contributed by atoms with E-state index in [1.165, 1.54) is 15.9 Å². The van der Waals surface area contributed by atoms with E-state index in [1.807, 2.05) is 60.7 Å². The van der Waals surface area contributed by atoms with Crippen LogP contribution in [0.5, 0.6) is 0 Å². The largest absolute Gasteiger partial charge is 0.313 e. The monoisotopic (exact) mass is 476 g/mol. The summed E-state index contributed by atoms with van der Waals surface area (Å²) in [6.07, 6.45) is 0.502. The van der Waals surface area contributed by atoms with Crippen LogP contribution in [0.15, 0.2) is 146 Å². The minimum atomic E-state index is -2.83. The van der Waals surface area contributed by atoms with Gasteiger partial charge in [0.25, 0.3) is 0 Å². The van der Waals surface area contributed by atoms with Gasteiger partial charge >= 0.3 is 0 Å². The number of benzene rings is 5. The maximum Gasteiger partial charge on any atom is 0.147 e. The summed E-state index contributed by atoms with van der Waals surface area (Å²) in [5.41, 5.74) is 1.10. The standard InChI is InChI=1S/C31H26OP2/c32-34(30-20-9-3-10-21-30,31-22-11-4-12-23-31)25-26-14-13-19-29(24-26)33(27-15-5-1-6-16-27)28-17-7-2-8-18-28/h1-24H,25H2. The molecular formula is C31H26OP2. The predicted molar refractivity (Wildman–Crippen MR) is 149 cm³/mol. The minimum Gasteiger partial charge on any atom is -0.313 e. The summed E-state index contributed by atoms with van der Waals surface area (Å²) in [5.74, 6) is 0. The highest BCUT2D eigenvalue weighted by Gasteiger charge is 2.28. The summed E-state index contributed by atoms with van der Waals surface area (Å²) in [6.45, 7) is 0. The molecule has 0 saturated heterocycles. The van der Waals surface area contributed by atoms with Crippen molar-refractivity contribution in [1.29, 1.82) is 0 Å². The molecule has 1 nitrogen and oxygen atoms in total. The summed E-state index contributed by atoms with van der Waals surface area (Å²) in [7, 11) is -3.53. The van der Waals surface area contributed by atoms with E-state index in [1.54, 1.807) is 0 Å². The second-order valence-corrected chi connectivity index (χ2v) is 13.3. The molecule has 5 aromatic carbocycles. The van der Waals surface area contributed by atoms with Gasteiger partial charge in [0, 0.05) is 16.8 Å². The zero-order chi connectivity index (χ0) is 23.2. The molecule has 34 heavy (non-hydrogen) atoms. The van der Waals surface area contributed by atoms with Crippen LogP contribution in [0.25, 0.3) is 0 Å². The molecule has 0 fully saturated rings. The Morgan fingerprint density at radius 3 is 1.35 bits per heavy atom. The molecule has 0 spiro atoms. The lowest BCUT2D eigenvalue weighted by Gasteiger charge is -2.22. The fourth-order valence-corrected chi connectivity index (χ4v) is 9.37. The molecule has 0 amide bonds. The van der Waals surface area contributed by atoms with Gasteiger partial charge in [0.2, 0.25) is 0 Å². The SMILES string of the molecule is O=P(Cc1cccc(P(c2ccccc2)c2ccccc2)c1)(c1ccccc1)c1ccccc1. The molecule has 0 bridgehead atoms. The van der Waals surface area contributed by atoms with Gasteiger partial charge in [-0.2, -0.15) is 0 Å². The lowest BCUT2D eigenvalue weighted by Crippen LogP contribution is -2.21. The zero-order valence-electron chi connectivity index (χ0n) is 18.9. The first-order valence-corrected chi connectivity index (χ1v) is 14.7. The fraction of sp³-hybridized carbons (Fsp3) is 0.0323. The molecule has 0 aliphatic rings. The Balaban J connectivity index is 1.58. The first-order chi connectivity index (χ1) is 16.7. The van der Waals surface area contributed by atoms with Crippen LogP contribution in [0.2, 0.25) is 0 Å². The van der Waals surface area contributed by atoms with Crippen molar-refractivity contribution in [1.82, 2.24) is 0 Å². The van der Waals surface area contributed by atoms with Crippen molar-refractivity contribution >= 4 is 41.6 Å². The number of hydrogen-bond donors (Lipinski definition) is 0. The molecule has 0 aliphatic carbocycles. The Morgan fingerprint density at radius 2 is 0.882 bits per heavy atom. The van der Waals surface area contributed by atoms with Crippen LogP contribution in [-0.4, -0.2) is 0 Å². The lowest BCUT2D eigenvalue weighted by molar-refractivity contribution is 0.586. The lowest BCUT2D eigenvalue weighted by atomic mass is 10.2. The van der Waals surface area contributed by atoms with Crippen molar-refractivity contribution in [3.8, 4) is 0 Å². The van der Waals surface area contributed by atoms with E-state index < -0.39 is 15.1 Å². The van der Waals surface area contributed by atoms with Gasteiger partial charge in [-0.1, -0.05) is 146 Å². The van der Waals surface area contributed by atoms with Gasteiger partial charge in [0.1, 0.15) is 7.14 Å². The molecule has 0 aromatic heterocycles. The first-order valence-electron chi connectivity index (χ1n) is 11.4. The van der Waals surface area contributed by atoms with Crippen molar-refractivity contribution in [3.63, 3.8) is 0 Å². The second-order valence-electron chi connectivity index (χ2n) is 8.25. The highest BCUT2D eigenvalue weighted by Crippen LogP contribution is 2.47. The van der Waals surface area contributed by atoms with Crippen LogP contribution in [0.3, 0.4) is 0 Å². The molecule has 0 saturated carbocycles. The van der Waals surface area contributed by atoms with Crippen LogP contribution < -0.4 is 26.5 Å². The van der Waals surface area contributed by atoms with Gasteiger partial charge < -0.3 is 4.57 Å². The Morgan fingerprint density at radius 1 is 0.471 bits per heavy atom. The summed E-state index contributed by atoms with van der Waals surface area (Å²) >= 11 is 0. The predicted octanol–water partition coefficient (Wildman–Crippen LogP) is 5.96. The quantitative estimate of drug-likeness (QED) is 0.265. The van der Waals surface area contributed by atoms with Crippen LogP contribution in [0, 0.1) is 0 Å². The van der Waals surface area contributed by atoms with Crippen molar-refractivity contribution in [2.45, 2.75) is 6.16 Å². The van der Waals surface area contributed by atoms with E-state index in [2.05, 4.69) is 84.9 Å². The van der Waals surface area contributed by atoms with Crippen molar-refractivity contribution in [2.75, 3.05) is 0 Å². The highest BCUT2D eigenvalue weighted by molar-refractivity contribution is 7.80. The van der Waals surface area contributed by atoms with E-state index in [-0.39, 0.29) is 0 Å². The molecule has 0 radical (unpaired) electrons. The Kier molecular flexibility index (Phi) is 6.87. The molecule has 0 aliphatic heterocycles. The summed E-state index contributed by atoms with van der Waals surface area (Å²) in [4.78, 5) is 0. The smallest absolute Gasteiger partial charge is 0.147 e. The first kappa shape index (κ1) is 22.5. The molecule has 0 heterocycles. The van der Waals surface area contributed by atoms with E-state index in [0.717, 1.165) is 16.2 Å². The van der Waals surface area contributed by atoms with Gasteiger partial charge in [-0.15, -0.1) is 0 Å². The maximum atomic E-state index is 14.6. The molecule has 5 rings (SSSR count). The molecule has 5 aromatic rings. The van der Waals surface area contributed by atoms with Crippen LogP contribution in [0.1, 0.15) is 5.56 Å². The summed E-state index contributed by atoms with van der Waals surface area (Å²) in [5, 5.41) is 5.71. The Hall–Kier alpha value is -3.24. The second kappa shape index (κ2) is 10.4. The number of hydrogen-bond acceptors (Lipinski definition) is 1. The van der Waals surface area contributed by atoms with Gasteiger partial charge in [-0.25, -0.2) is 0 Å². The van der Waals surface area contributed by atoms with Gasteiger partial charge in [-0.3, -0.25) is 0 Å². The molecule has 0 unspecified atom stereocenters. The van der Waals surface area contributed by atoms with Gasteiger partial charge in [0.05, 0.1) is 0 Å². The normalized spacial score (nSPS) is 11.4. The van der Waals surface area contributed by atoms with Crippen molar-refractivity contribution < 1.29 is 4.57 Å². The molecule has 0 atom stereocenters. The topological polar surface area (TPSA) is 17.1 Å². The maximum absolute atomic E-state index is 14.6. The zero-order valence-corrected chi connectivity index (χ0v) is 20.7. The Bertz CT molecular complexity index is 1300. The van der Waals surface area contributed by atoms with Crippen molar-refractivity contribution in [2.24, 2.45) is 0 Å². The van der Waals surface area contributed by atoms with Gasteiger partial charge in [-0.05, 0) is 29.4 Å². The highest BCUT2D eigenvalue weighted by atomic mass is 31.2. The van der Waals surface area contributed by atoms with Crippen LogP contribution >= 0.6 is 15.1 Å². The van der Waals surface area contributed by atoms with Crippen LogP contribution in [-0.2, 0) is 10.7 Å². The molecule has 0 N–H and O–H groups in total. The van der Waals surface area contributed by atoms with E-state index in [9.17, 15) is 4.57 Å². The summed E-state index contributed by atoms with van der Waals surface area (Å²) < 4.78 is 14.6. The van der Waals surface area contributed by atoms with Crippen LogP contribution in [0.4, 0.5) is 0 Å². The third-order valence-corrected chi connectivity index (χ3v) is 11.4. The average molecular weight is 476 g/mol. The molecular weight excluding hydrogens is 450 g/mol. The fourth-order valence-electron chi connectivity index (χ4n) is 4.32. The third-order valence-electron chi connectivity index (χ3n) is 5.95.